The molecule has 1 fully saturated rings. The monoisotopic (exact) mass is 564 g/mol. The van der Waals surface area contributed by atoms with Crippen molar-refractivity contribution >= 4 is 41.2 Å². The Hall–Kier alpha value is -3.99. The third-order valence-electron chi connectivity index (χ3n) is 6.99. The first-order chi connectivity index (χ1) is 19.4. The fourth-order valence-electron chi connectivity index (χ4n) is 4.92. The smallest absolute Gasteiger partial charge is 0.327 e. The van der Waals surface area contributed by atoms with Crippen molar-refractivity contribution in [1.29, 1.82) is 0 Å². The van der Waals surface area contributed by atoms with Crippen molar-refractivity contribution in [3.05, 3.63) is 65.1 Å². The summed E-state index contributed by atoms with van der Waals surface area (Å²) in [7, 11) is 0. The molecule has 11 heteroatoms. The van der Waals surface area contributed by atoms with Crippen LogP contribution >= 0.6 is 11.8 Å². The van der Waals surface area contributed by atoms with Crippen LogP contribution < -0.4 is 20.1 Å². The van der Waals surface area contributed by atoms with Gasteiger partial charge in [0.25, 0.3) is 0 Å². The van der Waals surface area contributed by atoms with E-state index < -0.39 is 17.3 Å². The lowest BCUT2D eigenvalue weighted by Crippen LogP contribution is -2.63. The van der Waals surface area contributed by atoms with Crippen LogP contribution in [0.3, 0.4) is 0 Å². The number of fused-ring (bicyclic) bond motifs is 2. The average Bonchev–Trinajstić information content (AvgIpc) is 3.61. The molecule has 10 nitrogen and oxygen atoms in total. The largest absolute Gasteiger partial charge is 0.454 e. The van der Waals surface area contributed by atoms with Gasteiger partial charge in [-0.05, 0) is 60.6 Å². The molecular formula is C29H32N4O6S. The van der Waals surface area contributed by atoms with Crippen molar-refractivity contribution in [2.75, 3.05) is 25.2 Å². The zero-order valence-corrected chi connectivity index (χ0v) is 23.1. The zero-order valence-electron chi connectivity index (χ0n) is 22.3. The predicted molar refractivity (Wildman–Crippen MR) is 151 cm³/mol. The first-order valence-corrected chi connectivity index (χ1v) is 14.3. The van der Waals surface area contributed by atoms with E-state index >= 15 is 0 Å². The lowest BCUT2D eigenvalue weighted by molar-refractivity contribution is -0.132. The Bertz CT molecular complexity index is 1330. The van der Waals surface area contributed by atoms with Gasteiger partial charge < -0.3 is 25.0 Å². The molecule has 2 unspecified atom stereocenters. The molecule has 40 heavy (non-hydrogen) atoms. The number of aryl methyl sites for hydroxylation is 1. The highest BCUT2D eigenvalue weighted by atomic mass is 32.2. The maximum Gasteiger partial charge on any atom is 0.327 e. The molecule has 0 saturated carbocycles. The van der Waals surface area contributed by atoms with Crippen molar-refractivity contribution in [2.45, 2.75) is 50.4 Å². The Balaban J connectivity index is 1.07. The summed E-state index contributed by atoms with van der Waals surface area (Å²) in [6.07, 6.45) is 4.05. The summed E-state index contributed by atoms with van der Waals surface area (Å²) >= 11 is 1.37. The summed E-state index contributed by atoms with van der Waals surface area (Å²) in [6, 6.07) is 12.1. The normalized spacial score (nSPS) is 19.1. The van der Waals surface area contributed by atoms with Crippen molar-refractivity contribution in [3.8, 4) is 11.5 Å². The zero-order chi connectivity index (χ0) is 28.1. The van der Waals surface area contributed by atoms with Crippen LogP contribution in [-0.4, -0.2) is 64.7 Å². The molecule has 3 heterocycles. The number of benzene rings is 2. The van der Waals surface area contributed by atoms with Crippen molar-refractivity contribution in [2.24, 2.45) is 0 Å². The maximum atomic E-state index is 13.3. The Morgan fingerprint density at radius 1 is 1.02 bits per heavy atom. The summed E-state index contributed by atoms with van der Waals surface area (Å²) in [5.74, 6) is 0.764. The van der Waals surface area contributed by atoms with Crippen LogP contribution in [0.2, 0.25) is 0 Å². The highest BCUT2D eigenvalue weighted by molar-refractivity contribution is 8.03. The number of hydrogen-bond acceptors (Lipinski definition) is 7. The van der Waals surface area contributed by atoms with Crippen LogP contribution in [0, 0.1) is 6.92 Å². The number of ether oxygens (including phenoxy) is 2. The van der Waals surface area contributed by atoms with E-state index in [1.807, 2.05) is 54.8 Å². The molecule has 2 aromatic rings. The molecule has 0 radical (unpaired) electrons. The third-order valence-corrected chi connectivity index (χ3v) is 8.07. The molecular weight excluding hydrogens is 532 g/mol. The first kappa shape index (κ1) is 27.6. The van der Waals surface area contributed by atoms with Gasteiger partial charge in [0.2, 0.25) is 24.5 Å². The Morgan fingerprint density at radius 3 is 2.73 bits per heavy atom. The lowest BCUT2D eigenvalue weighted by Gasteiger charge is -2.41. The number of carbonyl (C=O) groups is 4. The fraction of sp³-hybridized carbons (Fsp3) is 0.379. The van der Waals surface area contributed by atoms with Gasteiger partial charge >= 0.3 is 6.03 Å². The maximum absolute atomic E-state index is 13.3. The summed E-state index contributed by atoms with van der Waals surface area (Å²) in [4.78, 5) is 54.2. The van der Waals surface area contributed by atoms with E-state index in [2.05, 4.69) is 10.6 Å². The lowest BCUT2D eigenvalue weighted by atomic mass is 10.1. The van der Waals surface area contributed by atoms with E-state index in [1.54, 1.807) is 6.07 Å². The summed E-state index contributed by atoms with van der Waals surface area (Å²) in [5, 5.41) is 7.11. The minimum Gasteiger partial charge on any atom is -0.454 e. The summed E-state index contributed by atoms with van der Waals surface area (Å²) in [5.41, 5.74) is 2.60. The molecule has 0 spiro atoms. The predicted octanol–water partition coefficient (Wildman–Crippen LogP) is 3.80. The molecule has 5 amide bonds. The highest BCUT2D eigenvalue weighted by Crippen LogP contribution is 2.35. The molecule has 0 aromatic heterocycles. The summed E-state index contributed by atoms with van der Waals surface area (Å²) in [6.45, 7) is 2.64. The quantitative estimate of drug-likeness (QED) is 0.399. The van der Waals surface area contributed by atoms with Gasteiger partial charge in [-0.1, -0.05) is 30.7 Å². The van der Waals surface area contributed by atoms with Crippen molar-refractivity contribution in [3.63, 3.8) is 0 Å². The van der Waals surface area contributed by atoms with Crippen LogP contribution in [0.1, 0.15) is 36.8 Å². The number of nitrogens with zero attached hydrogens (tertiary/aromatic N) is 2. The molecule has 0 bridgehead atoms. The highest BCUT2D eigenvalue weighted by Gasteiger charge is 2.47. The number of hydrogen-bond donors (Lipinski definition) is 2. The van der Waals surface area contributed by atoms with Gasteiger partial charge in [-0.3, -0.25) is 19.3 Å². The SMILES string of the molecule is Cc1cccc(NC(=O)CN2C(=O)N(CCCCCC(=O)NCc3ccc4c(c3)OCO4)C(=O)C3SC=CC32)c1. The third kappa shape index (κ3) is 6.41. The van der Waals surface area contributed by atoms with Crippen molar-refractivity contribution < 1.29 is 28.7 Å². The van der Waals surface area contributed by atoms with Gasteiger partial charge in [-0.15, -0.1) is 11.8 Å². The van der Waals surface area contributed by atoms with Gasteiger partial charge in [0.15, 0.2) is 11.5 Å². The van der Waals surface area contributed by atoms with Gasteiger partial charge in [0.1, 0.15) is 11.8 Å². The molecule has 0 aliphatic carbocycles. The molecule has 2 N–H and O–H groups in total. The van der Waals surface area contributed by atoms with Crippen LogP contribution in [0.15, 0.2) is 53.9 Å². The molecule has 3 aliphatic heterocycles. The van der Waals surface area contributed by atoms with Crippen molar-refractivity contribution in [1.82, 2.24) is 15.1 Å². The number of thioether (sulfide) groups is 1. The van der Waals surface area contributed by atoms with Gasteiger partial charge in [0.05, 0.1) is 6.04 Å². The number of anilines is 1. The minimum atomic E-state index is -0.459. The number of urea groups is 1. The van der Waals surface area contributed by atoms with Gasteiger partial charge in [-0.25, -0.2) is 4.79 Å². The van der Waals surface area contributed by atoms with Crippen LogP contribution in [0.25, 0.3) is 0 Å². The van der Waals surface area contributed by atoms with Gasteiger partial charge in [-0.2, -0.15) is 0 Å². The minimum absolute atomic E-state index is 0.0649. The standard InChI is InChI=1S/C29H32N4O6S/c1-19-6-5-7-21(14-19)31-26(35)17-33-22-11-13-40-27(22)28(36)32(29(33)37)12-4-2-3-8-25(34)30-16-20-9-10-23-24(15-20)39-18-38-23/h5-7,9-11,13-15,22,27H,2-4,8,12,16-18H2,1H3,(H,30,34)(H,31,35). The Labute approximate surface area is 237 Å². The molecule has 210 valence electrons. The second-order valence-electron chi connectivity index (χ2n) is 9.97. The second kappa shape index (κ2) is 12.5. The van der Waals surface area contributed by atoms with E-state index in [-0.39, 0.29) is 37.6 Å². The van der Waals surface area contributed by atoms with Crippen LogP contribution in [0.4, 0.5) is 10.5 Å². The molecule has 2 aromatic carbocycles. The first-order valence-electron chi connectivity index (χ1n) is 13.3. The number of rotatable bonds is 11. The van der Waals surface area contributed by atoms with E-state index in [1.165, 1.54) is 21.6 Å². The van der Waals surface area contributed by atoms with E-state index in [4.69, 9.17) is 9.47 Å². The Kier molecular flexibility index (Phi) is 8.59. The number of amides is 5. The number of unbranched alkanes of at least 4 members (excludes halogenated alkanes) is 2. The topological polar surface area (TPSA) is 117 Å². The van der Waals surface area contributed by atoms with E-state index in [9.17, 15) is 19.2 Å². The fourth-order valence-corrected chi connectivity index (χ4v) is 5.99. The second-order valence-corrected chi connectivity index (χ2v) is 11.0. The van der Waals surface area contributed by atoms with Gasteiger partial charge in [0, 0.05) is 25.2 Å². The summed E-state index contributed by atoms with van der Waals surface area (Å²) < 4.78 is 10.7. The average molecular weight is 565 g/mol. The molecule has 2 atom stereocenters. The van der Waals surface area contributed by atoms with Crippen LogP contribution in [0.5, 0.6) is 11.5 Å². The number of imide groups is 1. The number of nitrogens with one attached hydrogen (secondary N) is 2. The Morgan fingerprint density at radius 2 is 1.88 bits per heavy atom. The molecule has 1 saturated heterocycles. The molecule has 3 aliphatic rings. The van der Waals surface area contributed by atoms with E-state index in [0.717, 1.165) is 11.1 Å². The van der Waals surface area contributed by atoms with Crippen LogP contribution in [-0.2, 0) is 20.9 Å². The number of carbonyl (C=O) groups excluding carboxylic acids is 4. The molecule has 5 rings (SSSR count). The van der Waals surface area contributed by atoms with E-state index in [0.29, 0.717) is 49.4 Å².